The molecule has 0 amide bonds. The summed E-state index contributed by atoms with van der Waals surface area (Å²) in [6.45, 7) is 2.20. The van der Waals surface area contributed by atoms with Crippen LogP contribution >= 0.6 is 45.3 Å². The Bertz CT molecular complexity index is 452. The monoisotopic (exact) mass is 394 g/mol. The normalized spacial score (nSPS) is 15.8. The Morgan fingerprint density at radius 2 is 2.06 bits per heavy atom. The molecule has 0 atom stereocenters. The molecule has 3 rings (SSSR count). The summed E-state index contributed by atoms with van der Waals surface area (Å²) in [5.41, 5.74) is 0.990. The van der Waals surface area contributed by atoms with Crippen molar-refractivity contribution in [2.75, 3.05) is 18.4 Å². The van der Waals surface area contributed by atoms with Crippen LogP contribution in [-0.4, -0.2) is 29.1 Å². The van der Waals surface area contributed by atoms with Crippen molar-refractivity contribution in [1.29, 1.82) is 0 Å². The second kappa shape index (κ2) is 7.37. The fourth-order valence-electron chi connectivity index (χ4n) is 1.97. The quantitative estimate of drug-likeness (QED) is 0.820. The Balaban J connectivity index is 0.000000810. The van der Waals surface area contributed by atoms with E-state index in [-0.39, 0.29) is 34.0 Å². The van der Waals surface area contributed by atoms with Crippen LogP contribution in [0.5, 0.6) is 0 Å². The number of halogens is 2. The molecule has 0 aromatic carbocycles. The average Bonchev–Trinajstić information content (AvgIpc) is 2.72. The molecule has 0 saturated carbocycles. The van der Waals surface area contributed by atoms with Gasteiger partial charge in [0.1, 0.15) is 10.3 Å². The first-order chi connectivity index (χ1) is 7.92. The lowest BCUT2D eigenvalue weighted by atomic mass is 10.1. The largest absolute Gasteiger partial charge is 0.359 e. The maximum absolute atomic E-state index is 4.53. The molecule has 2 aromatic rings. The number of piperidine rings is 1. The van der Waals surface area contributed by atoms with Crippen molar-refractivity contribution < 1.29 is 0 Å². The van der Waals surface area contributed by atoms with Gasteiger partial charge in [0, 0.05) is 12.2 Å². The number of anilines is 1. The molecule has 1 saturated heterocycles. The highest BCUT2D eigenvalue weighted by Crippen LogP contribution is 2.24. The molecular formula is C11H16Br2N4S. The number of fused-ring (bicyclic) bond motifs is 1. The number of thiazole rings is 1. The minimum absolute atomic E-state index is 0. The Morgan fingerprint density at radius 1 is 1.28 bits per heavy atom. The van der Waals surface area contributed by atoms with Crippen LogP contribution in [-0.2, 0) is 0 Å². The van der Waals surface area contributed by atoms with Gasteiger partial charge in [-0.2, -0.15) is 0 Å². The van der Waals surface area contributed by atoms with Crippen molar-refractivity contribution in [2.45, 2.75) is 18.9 Å². The van der Waals surface area contributed by atoms with Crippen molar-refractivity contribution >= 4 is 60.8 Å². The van der Waals surface area contributed by atoms with Gasteiger partial charge in [0.15, 0.2) is 5.13 Å². The fourth-order valence-corrected chi connectivity index (χ4v) is 2.86. The van der Waals surface area contributed by atoms with Gasteiger partial charge in [0.2, 0.25) is 0 Å². The second-order valence-electron chi connectivity index (χ2n) is 4.02. The van der Waals surface area contributed by atoms with Crippen molar-refractivity contribution in [3.05, 3.63) is 18.3 Å². The molecule has 2 aromatic heterocycles. The maximum atomic E-state index is 4.53. The average molecular weight is 396 g/mol. The van der Waals surface area contributed by atoms with Crippen LogP contribution in [0.2, 0.25) is 0 Å². The molecule has 7 heteroatoms. The second-order valence-corrected chi connectivity index (χ2v) is 4.99. The summed E-state index contributed by atoms with van der Waals surface area (Å²) in [5, 5.41) is 7.86. The lowest BCUT2D eigenvalue weighted by molar-refractivity contribution is 0.479. The molecule has 0 radical (unpaired) electrons. The Labute approximate surface area is 131 Å². The summed E-state index contributed by atoms with van der Waals surface area (Å²) in [6.07, 6.45) is 4.15. The third-order valence-corrected chi connectivity index (χ3v) is 3.74. The third-order valence-electron chi connectivity index (χ3n) is 2.83. The van der Waals surface area contributed by atoms with Crippen LogP contribution < -0.4 is 10.6 Å². The van der Waals surface area contributed by atoms with Gasteiger partial charge in [-0.25, -0.2) is 9.97 Å². The zero-order chi connectivity index (χ0) is 10.8. The van der Waals surface area contributed by atoms with Gasteiger partial charge in [-0.1, -0.05) is 11.3 Å². The smallest absolute Gasteiger partial charge is 0.185 e. The van der Waals surface area contributed by atoms with Gasteiger partial charge in [-0.05, 0) is 38.1 Å². The van der Waals surface area contributed by atoms with Crippen molar-refractivity contribution in [1.82, 2.24) is 15.3 Å². The standard InChI is InChI=1S/C11H14N4S.2BrH/c1-2-9-10(13-5-1)16-11(15-9)14-8-3-6-12-7-4-8;;/h1-2,5,8,12H,3-4,6-7H2,(H,14,15);2*1H. The van der Waals surface area contributed by atoms with Crippen LogP contribution in [0.1, 0.15) is 12.8 Å². The number of nitrogens with zero attached hydrogens (tertiary/aromatic N) is 2. The summed E-state index contributed by atoms with van der Waals surface area (Å²) in [6, 6.07) is 4.49. The maximum Gasteiger partial charge on any atom is 0.185 e. The van der Waals surface area contributed by atoms with E-state index in [1.54, 1.807) is 11.3 Å². The highest BCUT2D eigenvalue weighted by molar-refractivity contribution is 8.93. The highest BCUT2D eigenvalue weighted by Gasteiger charge is 2.14. The number of aromatic nitrogens is 2. The number of rotatable bonds is 2. The molecule has 0 unspecified atom stereocenters. The SMILES string of the molecule is Br.Br.c1cnc2sc(NC3CCNCC3)nc2c1. The predicted octanol–water partition coefficient (Wildman–Crippen LogP) is 3.01. The molecule has 0 spiro atoms. The topological polar surface area (TPSA) is 49.8 Å². The molecule has 18 heavy (non-hydrogen) atoms. The van der Waals surface area contributed by atoms with Crippen LogP contribution in [0.15, 0.2) is 18.3 Å². The van der Waals surface area contributed by atoms with Gasteiger partial charge >= 0.3 is 0 Å². The van der Waals surface area contributed by atoms with Gasteiger partial charge in [-0.15, -0.1) is 34.0 Å². The van der Waals surface area contributed by atoms with E-state index in [1.807, 2.05) is 18.3 Å². The van der Waals surface area contributed by atoms with E-state index >= 15 is 0 Å². The summed E-state index contributed by atoms with van der Waals surface area (Å²) in [4.78, 5) is 9.84. The van der Waals surface area contributed by atoms with E-state index in [0.29, 0.717) is 6.04 Å². The molecule has 3 heterocycles. The molecule has 100 valence electrons. The molecular weight excluding hydrogens is 380 g/mol. The predicted molar refractivity (Wildman–Crippen MR) is 87.6 cm³/mol. The van der Waals surface area contributed by atoms with Crippen molar-refractivity contribution in [3.63, 3.8) is 0 Å². The molecule has 2 N–H and O–H groups in total. The van der Waals surface area contributed by atoms with Crippen LogP contribution in [0.3, 0.4) is 0 Å². The first-order valence-corrected chi connectivity index (χ1v) is 6.42. The first-order valence-electron chi connectivity index (χ1n) is 5.60. The van der Waals surface area contributed by atoms with Crippen molar-refractivity contribution in [3.8, 4) is 0 Å². The number of nitrogens with one attached hydrogen (secondary N) is 2. The molecule has 1 aliphatic rings. The van der Waals surface area contributed by atoms with Gasteiger partial charge < -0.3 is 10.6 Å². The van der Waals surface area contributed by atoms with Gasteiger partial charge in [0.25, 0.3) is 0 Å². The summed E-state index contributed by atoms with van der Waals surface area (Å²) in [5.74, 6) is 0. The Hall–Kier alpha value is -0.240. The van der Waals surface area contributed by atoms with Crippen molar-refractivity contribution in [2.24, 2.45) is 0 Å². The van der Waals surface area contributed by atoms with E-state index in [0.717, 1.165) is 28.6 Å². The summed E-state index contributed by atoms with van der Waals surface area (Å²) < 4.78 is 0. The summed E-state index contributed by atoms with van der Waals surface area (Å²) >= 11 is 1.64. The van der Waals surface area contributed by atoms with E-state index in [1.165, 1.54) is 12.8 Å². The van der Waals surface area contributed by atoms with E-state index in [9.17, 15) is 0 Å². The van der Waals surface area contributed by atoms with Crippen LogP contribution in [0.25, 0.3) is 10.3 Å². The minimum Gasteiger partial charge on any atom is -0.359 e. The van der Waals surface area contributed by atoms with Crippen LogP contribution in [0, 0.1) is 0 Å². The van der Waals surface area contributed by atoms with Crippen LogP contribution in [0.4, 0.5) is 5.13 Å². The summed E-state index contributed by atoms with van der Waals surface area (Å²) in [7, 11) is 0. The minimum atomic E-state index is 0. The molecule has 1 aliphatic heterocycles. The number of pyridine rings is 1. The fraction of sp³-hybridized carbons (Fsp3) is 0.455. The molecule has 1 fully saturated rings. The zero-order valence-corrected chi connectivity index (χ0v) is 14.0. The highest BCUT2D eigenvalue weighted by atomic mass is 79.9. The number of hydrogen-bond donors (Lipinski definition) is 2. The molecule has 0 aliphatic carbocycles. The Kier molecular flexibility index (Phi) is 6.48. The van der Waals surface area contributed by atoms with Gasteiger partial charge in [0.05, 0.1) is 0 Å². The molecule has 4 nitrogen and oxygen atoms in total. The lowest BCUT2D eigenvalue weighted by Gasteiger charge is -2.23. The van der Waals surface area contributed by atoms with E-state index in [4.69, 9.17) is 0 Å². The lowest BCUT2D eigenvalue weighted by Crippen LogP contribution is -2.35. The Morgan fingerprint density at radius 3 is 2.78 bits per heavy atom. The van der Waals surface area contributed by atoms with E-state index < -0.39 is 0 Å². The molecule has 0 bridgehead atoms. The third kappa shape index (κ3) is 3.63. The zero-order valence-electron chi connectivity index (χ0n) is 9.76. The van der Waals surface area contributed by atoms with E-state index in [2.05, 4.69) is 20.6 Å². The van der Waals surface area contributed by atoms with Gasteiger partial charge in [-0.3, -0.25) is 0 Å². The first kappa shape index (κ1) is 15.8. The number of hydrogen-bond acceptors (Lipinski definition) is 5.